The molecule has 1 amide bonds. The Morgan fingerprint density at radius 2 is 1.95 bits per heavy atom. The largest absolute Gasteiger partial charge is 0.342 e. The lowest BCUT2D eigenvalue weighted by Gasteiger charge is -2.37. The highest BCUT2D eigenvalue weighted by Crippen LogP contribution is 2.32. The zero-order valence-electron chi connectivity index (χ0n) is 13.9. The van der Waals surface area contributed by atoms with E-state index in [2.05, 4.69) is 12.2 Å². The molecule has 1 heterocycles. The van der Waals surface area contributed by atoms with Crippen LogP contribution < -0.4 is 5.32 Å². The molecule has 1 saturated heterocycles. The predicted molar refractivity (Wildman–Crippen MR) is 92.3 cm³/mol. The maximum Gasteiger partial charge on any atom is 0.232 e. The van der Waals surface area contributed by atoms with Gasteiger partial charge in [-0.3, -0.25) is 4.79 Å². The minimum Gasteiger partial charge on any atom is -0.342 e. The molecule has 1 fully saturated rings. The Kier molecular flexibility index (Phi) is 5.87. The Labute approximate surface area is 139 Å². The normalized spacial score (nSPS) is 16.8. The molecule has 1 aliphatic rings. The van der Waals surface area contributed by atoms with Gasteiger partial charge in [0.2, 0.25) is 5.91 Å². The molecule has 1 aromatic carbocycles. The number of carbonyl (C=O) groups excluding carboxylic acids is 1. The number of nitrogens with one attached hydrogen (secondary N) is 1. The molecule has 0 aliphatic carbocycles. The second-order valence-corrected chi connectivity index (χ2v) is 7.06. The van der Waals surface area contributed by atoms with Gasteiger partial charge in [0.1, 0.15) is 0 Å². The first-order valence-electron chi connectivity index (χ1n) is 8.22. The number of carbonyl (C=O) groups is 1. The van der Waals surface area contributed by atoms with E-state index in [1.54, 1.807) is 0 Å². The number of likely N-dealkylation sites (tertiary alicyclic amines) is 1. The second kappa shape index (κ2) is 7.47. The first-order valence-corrected chi connectivity index (χ1v) is 8.59. The zero-order valence-corrected chi connectivity index (χ0v) is 14.6. The second-order valence-electron chi connectivity index (χ2n) is 6.65. The van der Waals surface area contributed by atoms with E-state index >= 15 is 0 Å². The van der Waals surface area contributed by atoms with Crippen LogP contribution in [0.5, 0.6) is 0 Å². The van der Waals surface area contributed by atoms with Crippen LogP contribution in [0.2, 0.25) is 5.02 Å². The molecule has 22 heavy (non-hydrogen) atoms. The van der Waals surface area contributed by atoms with Crippen LogP contribution in [0, 0.1) is 5.92 Å². The van der Waals surface area contributed by atoms with Crippen molar-refractivity contribution in [3.8, 4) is 0 Å². The third-order valence-electron chi connectivity index (χ3n) is 4.67. The molecule has 0 aromatic heterocycles. The molecule has 0 radical (unpaired) electrons. The van der Waals surface area contributed by atoms with Crippen molar-refractivity contribution >= 4 is 17.5 Å². The van der Waals surface area contributed by atoms with Gasteiger partial charge in [-0.2, -0.15) is 0 Å². The van der Waals surface area contributed by atoms with Gasteiger partial charge in [0, 0.05) is 18.1 Å². The molecular formula is C18H27ClN2O. The number of halogens is 1. The average Bonchev–Trinajstić information content (AvgIpc) is 2.53. The van der Waals surface area contributed by atoms with E-state index in [0.29, 0.717) is 10.9 Å². The van der Waals surface area contributed by atoms with E-state index in [1.807, 2.05) is 43.0 Å². The van der Waals surface area contributed by atoms with Crippen molar-refractivity contribution in [2.24, 2.45) is 5.92 Å². The summed E-state index contributed by atoms with van der Waals surface area (Å²) in [5, 5.41) is 4.07. The number of rotatable bonds is 5. The van der Waals surface area contributed by atoms with Crippen molar-refractivity contribution in [1.82, 2.24) is 10.2 Å². The van der Waals surface area contributed by atoms with Gasteiger partial charge in [-0.1, -0.05) is 36.7 Å². The minimum absolute atomic E-state index is 0.183. The van der Waals surface area contributed by atoms with Crippen molar-refractivity contribution < 1.29 is 4.79 Å². The molecule has 0 spiro atoms. The minimum atomic E-state index is -0.577. The van der Waals surface area contributed by atoms with E-state index in [9.17, 15) is 4.79 Å². The van der Waals surface area contributed by atoms with Crippen molar-refractivity contribution in [1.29, 1.82) is 0 Å². The van der Waals surface area contributed by atoms with Crippen LogP contribution in [0.3, 0.4) is 0 Å². The molecule has 0 unspecified atom stereocenters. The predicted octanol–water partition coefficient (Wildman–Crippen LogP) is 3.47. The van der Waals surface area contributed by atoms with Crippen LogP contribution in [0.1, 0.15) is 39.2 Å². The van der Waals surface area contributed by atoms with E-state index in [-0.39, 0.29) is 5.91 Å². The third-order valence-corrected chi connectivity index (χ3v) is 5.00. The number of hydrogen-bond donors (Lipinski definition) is 1. The lowest BCUT2D eigenvalue weighted by atomic mass is 9.82. The maximum absolute atomic E-state index is 12.9. The maximum atomic E-state index is 12.9. The van der Waals surface area contributed by atoms with Crippen LogP contribution in [0.25, 0.3) is 0 Å². The van der Waals surface area contributed by atoms with E-state index in [4.69, 9.17) is 11.6 Å². The highest BCUT2D eigenvalue weighted by Gasteiger charge is 2.36. The molecule has 1 aromatic rings. The quantitative estimate of drug-likeness (QED) is 0.900. The fraction of sp³-hybridized carbons (Fsp3) is 0.611. The number of piperidine rings is 1. The summed E-state index contributed by atoms with van der Waals surface area (Å²) in [6.07, 6.45) is 2.16. The van der Waals surface area contributed by atoms with Gasteiger partial charge in [0.15, 0.2) is 0 Å². The van der Waals surface area contributed by atoms with Gasteiger partial charge >= 0.3 is 0 Å². The number of nitrogens with zero attached hydrogens (tertiary/aromatic N) is 1. The van der Waals surface area contributed by atoms with Gasteiger partial charge in [-0.25, -0.2) is 0 Å². The SMILES string of the molecule is CCNCC1CCN(C(=O)C(C)(C)c2ccccc2Cl)CC1. The Bertz CT molecular complexity index is 508. The molecule has 122 valence electrons. The zero-order chi connectivity index (χ0) is 16.2. The first-order chi connectivity index (χ1) is 10.5. The Morgan fingerprint density at radius 3 is 2.55 bits per heavy atom. The van der Waals surface area contributed by atoms with Gasteiger partial charge in [0.25, 0.3) is 0 Å². The molecule has 4 heteroatoms. The number of hydrogen-bond acceptors (Lipinski definition) is 2. The van der Waals surface area contributed by atoms with Gasteiger partial charge in [-0.15, -0.1) is 0 Å². The van der Waals surface area contributed by atoms with Crippen LogP contribution in [-0.4, -0.2) is 37.0 Å². The molecule has 0 atom stereocenters. The lowest BCUT2D eigenvalue weighted by molar-refractivity contribution is -0.137. The highest BCUT2D eigenvalue weighted by atomic mass is 35.5. The van der Waals surface area contributed by atoms with Gasteiger partial charge in [0.05, 0.1) is 5.41 Å². The molecule has 3 nitrogen and oxygen atoms in total. The van der Waals surface area contributed by atoms with Crippen molar-refractivity contribution in [2.75, 3.05) is 26.2 Å². The first kappa shape index (κ1) is 17.3. The van der Waals surface area contributed by atoms with Crippen LogP contribution >= 0.6 is 11.6 Å². The number of benzene rings is 1. The summed E-state index contributed by atoms with van der Waals surface area (Å²) in [6, 6.07) is 7.66. The number of amides is 1. The smallest absolute Gasteiger partial charge is 0.232 e. The molecule has 0 bridgehead atoms. The standard InChI is InChI=1S/C18H27ClN2O/c1-4-20-13-14-9-11-21(12-10-14)17(22)18(2,3)15-7-5-6-8-16(15)19/h5-8,14,20H,4,9-13H2,1-3H3. The Balaban J connectivity index is 2.01. The summed E-state index contributed by atoms with van der Waals surface area (Å²) in [6.45, 7) is 9.85. The fourth-order valence-electron chi connectivity index (χ4n) is 3.17. The summed E-state index contributed by atoms with van der Waals surface area (Å²) in [4.78, 5) is 15.0. The van der Waals surface area contributed by atoms with Crippen molar-refractivity contribution in [3.05, 3.63) is 34.9 Å². The third kappa shape index (κ3) is 3.82. The molecule has 0 saturated carbocycles. The van der Waals surface area contributed by atoms with Crippen LogP contribution in [0.4, 0.5) is 0 Å². The van der Waals surface area contributed by atoms with E-state index in [1.165, 1.54) is 0 Å². The fourth-order valence-corrected chi connectivity index (χ4v) is 3.54. The molecular weight excluding hydrogens is 296 g/mol. The Hall–Kier alpha value is -1.06. The summed E-state index contributed by atoms with van der Waals surface area (Å²) >= 11 is 6.29. The van der Waals surface area contributed by atoms with Crippen LogP contribution in [-0.2, 0) is 10.2 Å². The van der Waals surface area contributed by atoms with Crippen molar-refractivity contribution in [3.63, 3.8) is 0 Å². The monoisotopic (exact) mass is 322 g/mol. The Morgan fingerprint density at radius 1 is 1.32 bits per heavy atom. The average molecular weight is 323 g/mol. The van der Waals surface area contributed by atoms with E-state index in [0.717, 1.165) is 44.6 Å². The highest BCUT2D eigenvalue weighted by molar-refractivity contribution is 6.31. The topological polar surface area (TPSA) is 32.3 Å². The van der Waals surface area contributed by atoms with E-state index < -0.39 is 5.41 Å². The molecule has 2 rings (SSSR count). The lowest BCUT2D eigenvalue weighted by Crippen LogP contribution is -2.48. The summed E-state index contributed by atoms with van der Waals surface area (Å²) in [5.41, 5.74) is 0.337. The molecule has 1 N–H and O–H groups in total. The summed E-state index contributed by atoms with van der Waals surface area (Å²) < 4.78 is 0. The van der Waals surface area contributed by atoms with Crippen molar-refractivity contribution in [2.45, 2.75) is 39.0 Å². The van der Waals surface area contributed by atoms with Gasteiger partial charge in [-0.05, 0) is 57.3 Å². The van der Waals surface area contributed by atoms with Crippen LogP contribution in [0.15, 0.2) is 24.3 Å². The van der Waals surface area contributed by atoms with Gasteiger partial charge < -0.3 is 10.2 Å². The molecule has 1 aliphatic heterocycles. The summed E-state index contributed by atoms with van der Waals surface area (Å²) in [5.74, 6) is 0.870. The summed E-state index contributed by atoms with van der Waals surface area (Å²) in [7, 11) is 0.